The summed E-state index contributed by atoms with van der Waals surface area (Å²) in [5, 5.41) is 0. The minimum atomic E-state index is -0.598. The number of hydrogen-bond donors (Lipinski definition) is 1. The Morgan fingerprint density at radius 2 is 1.64 bits per heavy atom. The lowest BCUT2D eigenvalue weighted by molar-refractivity contribution is -0.137. The molecule has 1 aliphatic rings. The van der Waals surface area contributed by atoms with Crippen molar-refractivity contribution in [1.82, 2.24) is 4.90 Å². The first-order valence-corrected chi connectivity index (χ1v) is 9.10. The number of benzene rings is 2. The molecule has 0 atom stereocenters. The quantitative estimate of drug-likeness (QED) is 0.773. The van der Waals surface area contributed by atoms with Crippen LogP contribution in [-0.2, 0) is 14.3 Å². The summed E-state index contributed by atoms with van der Waals surface area (Å²) in [6.45, 7) is 0.526. The number of nitrogens with two attached hydrogens (primary N) is 1. The van der Waals surface area contributed by atoms with Gasteiger partial charge in [0.15, 0.2) is 6.61 Å². The lowest BCUT2D eigenvalue weighted by atomic mass is 9.96. The molecule has 0 aromatic heterocycles. The second-order valence-electron chi connectivity index (χ2n) is 6.58. The van der Waals surface area contributed by atoms with E-state index in [1.807, 2.05) is 30.3 Å². The van der Waals surface area contributed by atoms with E-state index in [0.717, 1.165) is 0 Å². The maximum Gasteiger partial charge on any atom is 0.338 e. The zero-order chi connectivity index (χ0) is 19.9. The number of esters is 1. The summed E-state index contributed by atoms with van der Waals surface area (Å²) in [5.74, 6) is -0.259. The van der Waals surface area contributed by atoms with Crippen LogP contribution in [-0.4, -0.2) is 42.4 Å². The van der Waals surface area contributed by atoms with E-state index in [1.54, 1.807) is 29.2 Å². The van der Waals surface area contributed by atoms with Crippen molar-refractivity contribution in [3.05, 3.63) is 60.2 Å². The summed E-state index contributed by atoms with van der Waals surface area (Å²) in [6, 6.07) is 15.8. The first-order valence-electron chi connectivity index (χ1n) is 9.10. The highest BCUT2D eigenvalue weighted by Gasteiger charge is 2.26. The van der Waals surface area contributed by atoms with Crippen molar-refractivity contribution in [2.75, 3.05) is 19.7 Å². The SMILES string of the molecule is NC(=O)C1CCN(C(=O)COC(=O)c2cccc(Oc3ccccc3)c2)CC1. The van der Waals surface area contributed by atoms with Crippen LogP contribution in [0.5, 0.6) is 11.5 Å². The van der Waals surface area contributed by atoms with Crippen molar-refractivity contribution >= 4 is 17.8 Å². The summed E-state index contributed by atoms with van der Waals surface area (Å²) >= 11 is 0. The maximum absolute atomic E-state index is 12.3. The summed E-state index contributed by atoms with van der Waals surface area (Å²) in [4.78, 5) is 37.3. The van der Waals surface area contributed by atoms with Gasteiger partial charge in [-0.15, -0.1) is 0 Å². The second-order valence-corrected chi connectivity index (χ2v) is 6.58. The van der Waals surface area contributed by atoms with Crippen LogP contribution in [0, 0.1) is 5.92 Å². The number of ether oxygens (including phenoxy) is 2. The van der Waals surface area contributed by atoms with Gasteiger partial charge in [0.1, 0.15) is 11.5 Å². The molecule has 0 bridgehead atoms. The van der Waals surface area contributed by atoms with Gasteiger partial charge in [0.25, 0.3) is 5.91 Å². The van der Waals surface area contributed by atoms with Crippen molar-refractivity contribution in [1.29, 1.82) is 0 Å². The number of primary amides is 1. The molecule has 3 rings (SSSR count). The van der Waals surface area contributed by atoms with Gasteiger partial charge >= 0.3 is 5.97 Å². The van der Waals surface area contributed by atoms with Gasteiger partial charge in [0.2, 0.25) is 5.91 Å². The van der Waals surface area contributed by atoms with Crippen LogP contribution in [0.4, 0.5) is 0 Å². The standard InChI is InChI=1S/C21H22N2O5/c22-20(25)15-9-11-23(12-10-15)19(24)14-27-21(26)16-5-4-8-18(13-16)28-17-6-2-1-3-7-17/h1-8,13,15H,9-12,14H2,(H2,22,25). The van der Waals surface area contributed by atoms with Crippen LogP contribution in [0.2, 0.25) is 0 Å². The minimum Gasteiger partial charge on any atom is -0.457 e. The molecule has 0 unspecified atom stereocenters. The first kappa shape index (κ1) is 19.4. The van der Waals surface area contributed by atoms with Crippen molar-refractivity contribution in [3.8, 4) is 11.5 Å². The third-order valence-electron chi connectivity index (χ3n) is 4.63. The van der Waals surface area contributed by atoms with Crippen LogP contribution in [0.25, 0.3) is 0 Å². The highest BCUT2D eigenvalue weighted by atomic mass is 16.5. The number of carbonyl (C=O) groups is 3. The fraction of sp³-hybridized carbons (Fsp3) is 0.286. The maximum atomic E-state index is 12.3. The van der Waals surface area contributed by atoms with E-state index in [4.69, 9.17) is 15.2 Å². The highest BCUT2D eigenvalue weighted by molar-refractivity contribution is 5.91. The van der Waals surface area contributed by atoms with Gasteiger partial charge in [-0.25, -0.2) is 4.79 Å². The topological polar surface area (TPSA) is 98.9 Å². The van der Waals surface area contributed by atoms with E-state index in [1.165, 1.54) is 0 Å². The molecule has 7 heteroatoms. The fourth-order valence-corrected chi connectivity index (χ4v) is 3.03. The predicted molar refractivity (Wildman–Crippen MR) is 102 cm³/mol. The summed E-state index contributed by atoms with van der Waals surface area (Å²) in [6.07, 6.45) is 1.07. The zero-order valence-electron chi connectivity index (χ0n) is 15.4. The molecule has 2 amide bonds. The number of hydrogen-bond acceptors (Lipinski definition) is 5. The van der Waals surface area contributed by atoms with E-state index >= 15 is 0 Å². The number of rotatable bonds is 6. The molecular weight excluding hydrogens is 360 g/mol. The molecule has 2 N–H and O–H groups in total. The number of carbonyl (C=O) groups excluding carboxylic acids is 3. The first-order chi connectivity index (χ1) is 13.5. The van der Waals surface area contributed by atoms with Crippen LogP contribution in [0.3, 0.4) is 0 Å². The predicted octanol–water partition coefficient (Wildman–Crippen LogP) is 2.36. The van der Waals surface area contributed by atoms with Crippen molar-refractivity contribution < 1.29 is 23.9 Å². The molecular formula is C21H22N2O5. The summed E-state index contributed by atoms with van der Waals surface area (Å²) < 4.78 is 10.8. The minimum absolute atomic E-state index is 0.195. The third kappa shape index (κ3) is 5.09. The fourth-order valence-electron chi connectivity index (χ4n) is 3.03. The number of amides is 2. The molecule has 146 valence electrons. The Hall–Kier alpha value is -3.35. The smallest absolute Gasteiger partial charge is 0.338 e. The third-order valence-corrected chi connectivity index (χ3v) is 4.63. The molecule has 1 aliphatic heterocycles. The molecule has 2 aromatic rings. The Kier molecular flexibility index (Phi) is 6.26. The molecule has 2 aromatic carbocycles. The molecule has 0 radical (unpaired) electrons. The molecule has 1 heterocycles. The molecule has 1 fully saturated rings. The monoisotopic (exact) mass is 382 g/mol. The second kappa shape index (κ2) is 9.03. The zero-order valence-corrected chi connectivity index (χ0v) is 15.4. The molecule has 28 heavy (non-hydrogen) atoms. The Labute approximate surface area is 163 Å². The number of piperidine rings is 1. The van der Waals surface area contributed by atoms with E-state index in [0.29, 0.717) is 43.0 Å². The van der Waals surface area contributed by atoms with Crippen molar-refractivity contribution in [3.63, 3.8) is 0 Å². The molecule has 0 aliphatic carbocycles. The van der Waals surface area contributed by atoms with E-state index < -0.39 is 5.97 Å². The van der Waals surface area contributed by atoms with Gasteiger partial charge in [-0.2, -0.15) is 0 Å². The highest BCUT2D eigenvalue weighted by Crippen LogP contribution is 2.22. The van der Waals surface area contributed by atoms with Crippen molar-refractivity contribution in [2.24, 2.45) is 11.7 Å². The van der Waals surface area contributed by atoms with Gasteiger partial charge in [-0.05, 0) is 43.2 Å². The Morgan fingerprint density at radius 3 is 2.32 bits per heavy atom. The van der Waals surface area contributed by atoms with Gasteiger partial charge in [-0.1, -0.05) is 24.3 Å². The Balaban J connectivity index is 1.51. The van der Waals surface area contributed by atoms with Gasteiger partial charge in [0, 0.05) is 19.0 Å². The molecule has 7 nitrogen and oxygen atoms in total. The number of likely N-dealkylation sites (tertiary alicyclic amines) is 1. The van der Waals surface area contributed by atoms with Crippen LogP contribution in [0.1, 0.15) is 23.2 Å². The largest absolute Gasteiger partial charge is 0.457 e. The molecule has 0 saturated carbocycles. The van der Waals surface area contributed by atoms with E-state index in [2.05, 4.69) is 0 Å². The average molecular weight is 382 g/mol. The van der Waals surface area contributed by atoms with Gasteiger partial charge < -0.3 is 20.1 Å². The summed E-state index contributed by atoms with van der Waals surface area (Å²) in [5.41, 5.74) is 5.59. The summed E-state index contributed by atoms with van der Waals surface area (Å²) in [7, 11) is 0. The van der Waals surface area contributed by atoms with Crippen LogP contribution in [0.15, 0.2) is 54.6 Å². The lowest BCUT2D eigenvalue weighted by Crippen LogP contribution is -2.43. The average Bonchev–Trinajstić information content (AvgIpc) is 2.72. The van der Waals surface area contributed by atoms with E-state index in [9.17, 15) is 14.4 Å². The van der Waals surface area contributed by atoms with Crippen molar-refractivity contribution in [2.45, 2.75) is 12.8 Å². The van der Waals surface area contributed by atoms with Crippen LogP contribution >= 0.6 is 0 Å². The molecule has 0 spiro atoms. The van der Waals surface area contributed by atoms with Crippen LogP contribution < -0.4 is 10.5 Å². The number of para-hydroxylation sites is 1. The Morgan fingerprint density at radius 1 is 0.964 bits per heavy atom. The Bertz CT molecular complexity index is 845. The van der Waals surface area contributed by atoms with Gasteiger partial charge in [-0.3, -0.25) is 9.59 Å². The normalized spacial score (nSPS) is 14.4. The molecule has 1 saturated heterocycles. The van der Waals surface area contributed by atoms with E-state index in [-0.39, 0.29) is 24.3 Å². The number of nitrogens with zero attached hydrogens (tertiary/aromatic N) is 1. The van der Waals surface area contributed by atoms with Gasteiger partial charge in [0.05, 0.1) is 5.56 Å². The lowest BCUT2D eigenvalue weighted by Gasteiger charge is -2.30.